The Morgan fingerprint density at radius 3 is 2.50 bits per heavy atom. The van der Waals surface area contributed by atoms with Crippen LogP contribution in [-0.2, 0) is 23.8 Å². The van der Waals surface area contributed by atoms with Crippen molar-refractivity contribution in [3.8, 4) is 0 Å². The second kappa shape index (κ2) is 7.03. The largest absolute Gasteiger partial charge is 0.454 e. The van der Waals surface area contributed by atoms with Gasteiger partial charge in [0.2, 0.25) is 0 Å². The van der Waals surface area contributed by atoms with E-state index in [1.807, 2.05) is 13.8 Å². The first kappa shape index (κ1) is 21.8. The Bertz CT molecular complexity index is 834. The van der Waals surface area contributed by atoms with Gasteiger partial charge in [-0.05, 0) is 62.0 Å². The maximum absolute atomic E-state index is 13.6. The van der Waals surface area contributed by atoms with E-state index in [0.29, 0.717) is 6.61 Å². The van der Waals surface area contributed by atoms with Crippen molar-refractivity contribution in [1.29, 1.82) is 0 Å². The van der Waals surface area contributed by atoms with Crippen LogP contribution in [0.3, 0.4) is 0 Å². The van der Waals surface area contributed by atoms with E-state index in [2.05, 4.69) is 33.8 Å². The average molecular weight is 417 g/mol. The molecule has 3 aliphatic carbocycles. The van der Waals surface area contributed by atoms with E-state index in [4.69, 9.17) is 14.2 Å². The van der Waals surface area contributed by atoms with Gasteiger partial charge in [-0.15, -0.1) is 0 Å². The van der Waals surface area contributed by atoms with Crippen LogP contribution in [0.1, 0.15) is 74.1 Å². The molecule has 0 unspecified atom stereocenters. The highest BCUT2D eigenvalue weighted by Gasteiger charge is 2.59. The van der Waals surface area contributed by atoms with Crippen molar-refractivity contribution in [2.24, 2.45) is 22.7 Å². The molecule has 5 nitrogen and oxygen atoms in total. The molecule has 5 heteroatoms. The molecule has 1 heterocycles. The number of carbonyl (C=O) groups is 2. The average Bonchev–Trinajstić information content (AvgIpc) is 2.75. The molecule has 4 rings (SSSR count). The number of rotatable bonds is 2. The lowest BCUT2D eigenvalue weighted by molar-refractivity contribution is -0.255. The van der Waals surface area contributed by atoms with Crippen LogP contribution in [0.25, 0.3) is 0 Å². The number of Topliss-reactive ketones (excluding diaryl/α,β-unsaturated/α-hetero) is 1. The summed E-state index contributed by atoms with van der Waals surface area (Å²) in [5, 5.41) is 0. The van der Waals surface area contributed by atoms with E-state index in [1.165, 1.54) is 18.1 Å². The Morgan fingerprint density at radius 2 is 1.87 bits per heavy atom. The van der Waals surface area contributed by atoms with Crippen molar-refractivity contribution < 1.29 is 23.8 Å². The van der Waals surface area contributed by atoms with Gasteiger partial charge in [-0.2, -0.15) is 0 Å². The second-order valence-electron chi connectivity index (χ2n) is 11.0. The van der Waals surface area contributed by atoms with Gasteiger partial charge in [0.15, 0.2) is 17.7 Å². The van der Waals surface area contributed by atoms with E-state index in [9.17, 15) is 9.59 Å². The minimum absolute atomic E-state index is 0.0110. The first-order chi connectivity index (χ1) is 13.9. The van der Waals surface area contributed by atoms with Crippen LogP contribution >= 0.6 is 0 Å². The fourth-order valence-electron chi connectivity index (χ4n) is 6.49. The molecular weight excluding hydrogens is 380 g/mol. The van der Waals surface area contributed by atoms with Crippen LogP contribution in [0, 0.1) is 22.7 Å². The summed E-state index contributed by atoms with van der Waals surface area (Å²) >= 11 is 0. The molecule has 0 amide bonds. The summed E-state index contributed by atoms with van der Waals surface area (Å²) in [6, 6.07) is 0. The molecule has 30 heavy (non-hydrogen) atoms. The van der Waals surface area contributed by atoms with Crippen molar-refractivity contribution >= 4 is 11.8 Å². The van der Waals surface area contributed by atoms with Gasteiger partial charge in [0.1, 0.15) is 0 Å². The van der Waals surface area contributed by atoms with Crippen LogP contribution in [0.4, 0.5) is 0 Å². The SMILES string of the molecule is CC(=O)O[C@H]1C(=O)C2=CC3=C4COC(C)(C)O[C@H]4CC[C@@]3(C)CC[C@]2(C)[C@H]1C(C)C. The lowest BCUT2D eigenvalue weighted by Gasteiger charge is -2.46. The third kappa shape index (κ3) is 3.29. The number of ether oxygens (including phenoxy) is 3. The summed E-state index contributed by atoms with van der Waals surface area (Å²) in [7, 11) is 0. The van der Waals surface area contributed by atoms with Gasteiger partial charge in [0.25, 0.3) is 0 Å². The molecule has 1 saturated carbocycles. The van der Waals surface area contributed by atoms with Gasteiger partial charge in [0.05, 0.1) is 12.7 Å². The van der Waals surface area contributed by atoms with Gasteiger partial charge in [0, 0.05) is 23.8 Å². The van der Waals surface area contributed by atoms with Gasteiger partial charge in [-0.1, -0.05) is 33.8 Å². The van der Waals surface area contributed by atoms with Gasteiger partial charge in [-0.25, -0.2) is 0 Å². The van der Waals surface area contributed by atoms with Crippen LogP contribution in [0.15, 0.2) is 22.8 Å². The predicted molar refractivity (Wildman–Crippen MR) is 114 cm³/mol. The summed E-state index contributed by atoms with van der Waals surface area (Å²) in [5.41, 5.74) is 2.94. The van der Waals surface area contributed by atoms with Crippen molar-refractivity contribution in [3.05, 3.63) is 22.8 Å². The highest BCUT2D eigenvalue weighted by Crippen LogP contribution is 2.59. The second-order valence-corrected chi connectivity index (χ2v) is 11.0. The number of carbonyl (C=O) groups excluding carboxylic acids is 2. The fourth-order valence-corrected chi connectivity index (χ4v) is 6.49. The summed E-state index contributed by atoms with van der Waals surface area (Å²) in [4.78, 5) is 25.3. The molecule has 4 aliphatic rings. The van der Waals surface area contributed by atoms with E-state index in [-0.39, 0.29) is 40.5 Å². The highest BCUT2D eigenvalue weighted by molar-refractivity contribution is 6.04. The third-order valence-corrected chi connectivity index (χ3v) is 8.04. The van der Waals surface area contributed by atoms with Crippen molar-refractivity contribution in [2.75, 3.05) is 6.61 Å². The minimum Gasteiger partial charge on any atom is -0.454 e. The van der Waals surface area contributed by atoms with Crippen molar-refractivity contribution in [1.82, 2.24) is 0 Å². The molecule has 0 spiro atoms. The molecule has 0 radical (unpaired) electrons. The van der Waals surface area contributed by atoms with Crippen LogP contribution in [0.5, 0.6) is 0 Å². The predicted octanol–water partition coefficient (Wildman–Crippen LogP) is 4.75. The molecule has 0 aromatic carbocycles. The van der Waals surface area contributed by atoms with E-state index in [1.54, 1.807) is 0 Å². The highest BCUT2D eigenvalue weighted by atomic mass is 16.7. The Balaban J connectivity index is 1.84. The molecule has 0 bridgehead atoms. The summed E-state index contributed by atoms with van der Waals surface area (Å²) in [6.07, 6.45) is 5.43. The van der Waals surface area contributed by atoms with E-state index < -0.39 is 11.9 Å². The molecule has 5 atom stereocenters. The maximum atomic E-state index is 13.6. The molecule has 1 aliphatic heterocycles. The minimum atomic E-state index is -0.689. The molecular formula is C25H36O5. The monoisotopic (exact) mass is 416 g/mol. The lowest BCUT2D eigenvalue weighted by Crippen LogP contribution is -2.45. The Hall–Kier alpha value is -1.46. The molecule has 2 fully saturated rings. The Morgan fingerprint density at radius 1 is 1.17 bits per heavy atom. The van der Waals surface area contributed by atoms with Crippen LogP contribution in [-0.4, -0.2) is 36.4 Å². The number of fused-ring (bicyclic) bond motifs is 3. The first-order valence-corrected chi connectivity index (χ1v) is 11.4. The topological polar surface area (TPSA) is 61.8 Å². The molecule has 166 valence electrons. The van der Waals surface area contributed by atoms with Crippen molar-refractivity contribution in [2.45, 2.75) is 92.1 Å². The van der Waals surface area contributed by atoms with Crippen LogP contribution < -0.4 is 0 Å². The maximum Gasteiger partial charge on any atom is 0.303 e. The third-order valence-electron chi connectivity index (χ3n) is 8.04. The number of hydrogen-bond donors (Lipinski definition) is 0. The first-order valence-electron chi connectivity index (χ1n) is 11.4. The smallest absolute Gasteiger partial charge is 0.303 e. The number of ketones is 1. The summed E-state index contributed by atoms with van der Waals surface area (Å²) < 4.78 is 17.8. The van der Waals surface area contributed by atoms with Gasteiger partial charge >= 0.3 is 5.97 Å². The number of esters is 1. The van der Waals surface area contributed by atoms with Gasteiger partial charge < -0.3 is 14.2 Å². The van der Waals surface area contributed by atoms with E-state index >= 15 is 0 Å². The van der Waals surface area contributed by atoms with Crippen molar-refractivity contribution in [3.63, 3.8) is 0 Å². The summed E-state index contributed by atoms with van der Waals surface area (Å²) in [6.45, 7) is 14.6. The fraction of sp³-hybridized carbons (Fsp3) is 0.760. The molecule has 0 aromatic heterocycles. The zero-order valence-corrected chi connectivity index (χ0v) is 19.5. The zero-order valence-electron chi connectivity index (χ0n) is 19.5. The van der Waals surface area contributed by atoms with Gasteiger partial charge in [-0.3, -0.25) is 9.59 Å². The lowest BCUT2D eigenvalue weighted by atomic mass is 9.65. The molecule has 0 N–H and O–H groups in total. The van der Waals surface area contributed by atoms with E-state index in [0.717, 1.165) is 31.3 Å². The normalized spacial score (nSPS) is 40.3. The Labute approximate surface area is 180 Å². The Kier molecular flexibility index (Phi) is 5.10. The summed E-state index contributed by atoms with van der Waals surface area (Å²) in [5.74, 6) is -0.775. The number of hydrogen-bond acceptors (Lipinski definition) is 5. The standard InChI is InChI=1S/C25H36O5/c1-14(2)20-22(29-15(3)26)21(27)18-12-17-16-13-28-23(4,5)30-19(16)8-9-24(17,6)10-11-25(18,20)7/h12,14,19-20,22H,8-11,13H2,1-7H3/t19-,20-,22+,24-,25-/m0/s1. The molecule has 1 saturated heterocycles. The molecule has 0 aromatic rings. The zero-order chi connectivity index (χ0) is 22.1. The number of allylic oxidation sites excluding steroid dienone is 2. The van der Waals surface area contributed by atoms with Crippen LogP contribution in [0.2, 0.25) is 0 Å². The quantitative estimate of drug-likeness (QED) is 0.608.